The molecule has 1 aromatic rings. The molecule has 1 fully saturated rings. The zero-order valence-electron chi connectivity index (χ0n) is 10.5. The molecule has 0 unspecified atom stereocenters. The minimum absolute atomic E-state index is 0.0515. The molecule has 1 aliphatic carbocycles. The average molecular weight is 247 g/mol. The predicted octanol–water partition coefficient (Wildman–Crippen LogP) is 1.82. The fourth-order valence-corrected chi connectivity index (χ4v) is 3.06. The summed E-state index contributed by atoms with van der Waals surface area (Å²) in [6, 6.07) is 0. The highest BCUT2D eigenvalue weighted by atomic mass is 16.4. The Labute approximate surface area is 106 Å². The largest absolute Gasteiger partial charge is 0.475 e. The van der Waals surface area contributed by atoms with E-state index in [9.17, 15) is 4.79 Å². The number of rotatable bonds is 2. The van der Waals surface area contributed by atoms with Crippen molar-refractivity contribution >= 4 is 11.8 Å². The van der Waals surface area contributed by atoms with E-state index >= 15 is 0 Å². The highest BCUT2D eigenvalue weighted by Crippen LogP contribution is 2.38. The second-order valence-corrected chi connectivity index (χ2v) is 5.19. The number of likely N-dealkylation sites (N-methyl/N-ethyl adjacent to an activating group) is 1. The van der Waals surface area contributed by atoms with Crippen molar-refractivity contribution in [3.05, 3.63) is 17.1 Å². The van der Waals surface area contributed by atoms with Gasteiger partial charge in [-0.05, 0) is 19.3 Å². The van der Waals surface area contributed by atoms with Gasteiger partial charge >= 0.3 is 5.97 Å². The minimum atomic E-state index is -1.03. The van der Waals surface area contributed by atoms with Crippen LogP contribution in [0.3, 0.4) is 0 Å². The van der Waals surface area contributed by atoms with E-state index in [0.29, 0.717) is 5.92 Å². The molecule has 0 spiro atoms. The quantitative estimate of drug-likeness (QED) is 0.863. The Hall–Kier alpha value is -1.65. The second kappa shape index (κ2) is 4.23. The van der Waals surface area contributed by atoms with E-state index in [1.165, 1.54) is 18.4 Å². The van der Waals surface area contributed by atoms with E-state index in [2.05, 4.69) is 9.97 Å². The summed E-state index contributed by atoms with van der Waals surface area (Å²) in [6.07, 6.45) is 5.65. The van der Waals surface area contributed by atoms with E-state index < -0.39 is 5.97 Å². The standard InChI is InChI=1S/C13H17N3O2/c1-16-7-6-9-10(8-4-2-3-5-8)14-11(13(17)18)15-12(9)16/h8H,2-7H2,1H3,(H,17,18). The Morgan fingerprint density at radius 1 is 1.33 bits per heavy atom. The summed E-state index contributed by atoms with van der Waals surface area (Å²) in [5.74, 6) is 0.178. The molecule has 2 aliphatic rings. The van der Waals surface area contributed by atoms with Crippen LogP contribution in [0.2, 0.25) is 0 Å². The van der Waals surface area contributed by atoms with Gasteiger partial charge in [-0.25, -0.2) is 14.8 Å². The molecule has 18 heavy (non-hydrogen) atoms. The normalized spacial score (nSPS) is 19.3. The molecule has 1 aromatic heterocycles. The van der Waals surface area contributed by atoms with E-state index in [-0.39, 0.29) is 5.82 Å². The minimum Gasteiger partial charge on any atom is -0.475 e. The smallest absolute Gasteiger partial charge is 0.374 e. The first-order chi connectivity index (χ1) is 8.66. The zero-order chi connectivity index (χ0) is 12.7. The van der Waals surface area contributed by atoms with Crippen molar-refractivity contribution in [1.82, 2.24) is 9.97 Å². The van der Waals surface area contributed by atoms with Gasteiger partial charge < -0.3 is 10.0 Å². The summed E-state index contributed by atoms with van der Waals surface area (Å²) in [7, 11) is 1.96. The molecule has 3 rings (SSSR count). The van der Waals surface area contributed by atoms with Gasteiger partial charge in [0.2, 0.25) is 5.82 Å². The van der Waals surface area contributed by atoms with Crippen LogP contribution in [0.25, 0.3) is 0 Å². The molecule has 1 aliphatic heterocycles. The Morgan fingerprint density at radius 2 is 2.06 bits per heavy atom. The molecular weight excluding hydrogens is 230 g/mol. The van der Waals surface area contributed by atoms with Crippen molar-refractivity contribution in [3.63, 3.8) is 0 Å². The lowest BCUT2D eigenvalue weighted by molar-refractivity contribution is 0.0683. The molecule has 1 saturated carbocycles. The van der Waals surface area contributed by atoms with Gasteiger partial charge in [-0.15, -0.1) is 0 Å². The van der Waals surface area contributed by atoms with E-state index in [4.69, 9.17) is 5.11 Å². The summed E-state index contributed by atoms with van der Waals surface area (Å²) >= 11 is 0. The summed E-state index contributed by atoms with van der Waals surface area (Å²) < 4.78 is 0. The number of carboxylic acids is 1. The maximum absolute atomic E-state index is 11.1. The Kier molecular flexibility index (Phi) is 2.69. The number of hydrogen-bond acceptors (Lipinski definition) is 4. The third-order valence-corrected chi connectivity index (χ3v) is 4.01. The van der Waals surface area contributed by atoms with Crippen LogP contribution in [0.15, 0.2) is 0 Å². The fraction of sp³-hybridized carbons (Fsp3) is 0.615. The zero-order valence-corrected chi connectivity index (χ0v) is 10.5. The van der Waals surface area contributed by atoms with Crippen molar-refractivity contribution in [3.8, 4) is 0 Å². The van der Waals surface area contributed by atoms with Gasteiger partial charge in [-0.2, -0.15) is 0 Å². The number of anilines is 1. The van der Waals surface area contributed by atoms with Crippen LogP contribution < -0.4 is 4.90 Å². The monoisotopic (exact) mass is 247 g/mol. The molecule has 0 amide bonds. The number of nitrogens with zero attached hydrogens (tertiary/aromatic N) is 3. The molecular formula is C13H17N3O2. The summed E-state index contributed by atoms with van der Waals surface area (Å²) in [6.45, 7) is 0.910. The molecule has 0 bridgehead atoms. The van der Waals surface area contributed by atoms with Gasteiger partial charge in [0, 0.05) is 25.1 Å². The molecule has 2 heterocycles. The molecule has 96 valence electrons. The van der Waals surface area contributed by atoms with Crippen LogP contribution in [0, 0.1) is 0 Å². The van der Waals surface area contributed by atoms with E-state index in [0.717, 1.165) is 37.3 Å². The third-order valence-electron chi connectivity index (χ3n) is 4.01. The Balaban J connectivity index is 2.11. The lowest BCUT2D eigenvalue weighted by atomic mass is 9.98. The molecule has 0 atom stereocenters. The van der Waals surface area contributed by atoms with Gasteiger partial charge in [0.05, 0.1) is 5.69 Å². The van der Waals surface area contributed by atoms with Crippen LogP contribution in [-0.4, -0.2) is 34.6 Å². The first kappa shape index (κ1) is 11.4. The molecule has 1 N–H and O–H groups in total. The number of carbonyl (C=O) groups is 1. The van der Waals surface area contributed by atoms with Gasteiger partial charge in [0.25, 0.3) is 0 Å². The lowest BCUT2D eigenvalue weighted by Gasteiger charge is -2.15. The molecule has 0 saturated heterocycles. The number of carboxylic acid groups (broad SMARTS) is 1. The van der Waals surface area contributed by atoms with Crippen LogP contribution in [0.1, 0.15) is 53.5 Å². The third kappa shape index (κ3) is 1.74. The van der Waals surface area contributed by atoms with Crippen molar-refractivity contribution in [1.29, 1.82) is 0 Å². The summed E-state index contributed by atoms with van der Waals surface area (Å²) in [5.41, 5.74) is 2.17. The van der Waals surface area contributed by atoms with E-state index in [1.807, 2.05) is 11.9 Å². The Bertz CT molecular complexity index is 495. The SMILES string of the molecule is CN1CCc2c(C3CCCC3)nc(C(=O)O)nc21. The molecule has 5 heteroatoms. The lowest BCUT2D eigenvalue weighted by Crippen LogP contribution is -2.16. The van der Waals surface area contributed by atoms with Crippen LogP contribution >= 0.6 is 0 Å². The molecule has 0 radical (unpaired) electrons. The number of aromatic carboxylic acids is 1. The molecule has 0 aromatic carbocycles. The Morgan fingerprint density at radius 3 is 2.72 bits per heavy atom. The first-order valence-corrected chi connectivity index (χ1v) is 6.52. The average Bonchev–Trinajstić information content (AvgIpc) is 2.98. The van der Waals surface area contributed by atoms with Gasteiger partial charge in [-0.1, -0.05) is 12.8 Å². The van der Waals surface area contributed by atoms with Gasteiger partial charge in [0.1, 0.15) is 5.82 Å². The molecule has 5 nitrogen and oxygen atoms in total. The van der Waals surface area contributed by atoms with Gasteiger partial charge in [-0.3, -0.25) is 0 Å². The van der Waals surface area contributed by atoms with Crippen molar-refractivity contribution in [2.75, 3.05) is 18.5 Å². The summed E-state index contributed by atoms with van der Waals surface area (Å²) in [4.78, 5) is 21.7. The van der Waals surface area contributed by atoms with Crippen molar-refractivity contribution < 1.29 is 9.90 Å². The number of fused-ring (bicyclic) bond motifs is 1. The van der Waals surface area contributed by atoms with Crippen LogP contribution in [0.5, 0.6) is 0 Å². The first-order valence-electron chi connectivity index (χ1n) is 6.52. The van der Waals surface area contributed by atoms with Gasteiger partial charge in [0.15, 0.2) is 0 Å². The highest BCUT2D eigenvalue weighted by molar-refractivity contribution is 5.84. The second-order valence-electron chi connectivity index (χ2n) is 5.19. The van der Waals surface area contributed by atoms with Crippen LogP contribution in [-0.2, 0) is 6.42 Å². The van der Waals surface area contributed by atoms with Crippen molar-refractivity contribution in [2.45, 2.75) is 38.0 Å². The maximum Gasteiger partial charge on any atom is 0.374 e. The number of aromatic nitrogens is 2. The predicted molar refractivity (Wildman–Crippen MR) is 67.2 cm³/mol. The summed E-state index contributed by atoms with van der Waals surface area (Å²) in [5, 5.41) is 9.13. The fourth-order valence-electron chi connectivity index (χ4n) is 3.06. The maximum atomic E-state index is 11.1. The van der Waals surface area contributed by atoms with Crippen LogP contribution in [0.4, 0.5) is 5.82 Å². The van der Waals surface area contributed by atoms with E-state index in [1.54, 1.807) is 0 Å². The number of hydrogen-bond donors (Lipinski definition) is 1. The topological polar surface area (TPSA) is 66.3 Å². The van der Waals surface area contributed by atoms with Crippen molar-refractivity contribution in [2.24, 2.45) is 0 Å². The highest BCUT2D eigenvalue weighted by Gasteiger charge is 2.29.